The lowest BCUT2D eigenvalue weighted by molar-refractivity contribution is -0.120. The number of aliphatic hydroxyl groups is 1. The van der Waals surface area contributed by atoms with Crippen LogP contribution in [-0.2, 0) is 4.79 Å². The third kappa shape index (κ3) is 2.80. The Kier molecular flexibility index (Phi) is 4.17. The van der Waals surface area contributed by atoms with Gasteiger partial charge in [0.15, 0.2) is 0 Å². The Morgan fingerprint density at radius 2 is 2.28 bits per heavy atom. The van der Waals surface area contributed by atoms with Gasteiger partial charge >= 0.3 is 0 Å². The molecule has 0 aliphatic carbocycles. The number of nitrogens with zero attached hydrogens (tertiary/aromatic N) is 1. The van der Waals surface area contributed by atoms with Crippen molar-refractivity contribution < 1.29 is 9.90 Å². The fourth-order valence-corrected chi connectivity index (χ4v) is 2.20. The van der Waals surface area contributed by atoms with Crippen LogP contribution in [0.1, 0.15) is 11.7 Å². The average molecular weight is 249 g/mol. The molecule has 0 aromatic heterocycles. The summed E-state index contributed by atoms with van der Waals surface area (Å²) >= 11 is 0. The van der Waals surface area contributed by atoms with E-state index in [1.54, 1.807) is 7.05 Å². The fraction of sp³-hybridized carbons (Fsp3) is 0.462. The summed E-state index contributed by atoms with van der Waals surface area (Å²) in [5.74, 6) is 0.0270. The molecule has 1 heterocycles. The molecule has 5 heteroatoms. The van der Waals surface area contributed by atoms with E-state index in [1.165, 1.54) is 0 Å². The molecule has 0 saturated carbocycles. The van der Waals surface area contributed by atoms with Gasteiger partial charge in [0.05, 0.1) is 12.6 Å². The van der Waals surface area contributed by atoms with Gasteiger partial charge in [0.1, 0.15) is 0 Å². The highest BCUT2D eigenvalue weighted by atomic mass is 16.3. The molecule has 1 saturated heterocycles. The second-order valence-electron chi connectivity index (χ2n) is 4.40. The largest absolute Gasteiger partial charge is 0.387 e. The molecule has 1 aliphatic rings. The number of amides is 1. The summed E-state index contributed by atoms with van der Waals surface area (Å²) in [6, 6.07) is 7.69. The topological polar surface area (TPSA) is 64.6 Å². The molecule has 1 fully saturated rings. The Morgan fingerprint density at radius 3 is 3.00 bits per heavy atom. The quantitative estimate of drug-likeness (QED) is 0.696. The minimum Gasteiger partial charge on any atom is -0.387 e. The van der Waals surface area contributed by atoms with Gasteiger partial charge in [0, 0.05) is 30.9 Å². The molecule has 98 valence electrons. The molecular formula is C13H19N3O2. The summed E-state index contributed by atoms with van der Waals surface area (Å²) < 4.78 is 0. The van der Waals surface area contributed by atoms with Gasteiger partial charge in [-0.3, -0.25) is 4.79 Å². The fourth-order valence-electron chi connectivity index (χ4n) is 2.20. The minimum absolute atomic E-state index is 0.0270. The van der Waals surface area contributed by atoms with Crippen molar-refractivity contribution in [2.75, 3.05) is 38.1 Å². The van der Waals surface area contributed by atoms with Gasteiger partial charge in [0.25, 0.3) is 0 Å². The Morgan fingerprint density at radius 1 is 1.50 bits per heavy atom. The zero-order valence-corrected chi connectivity index (χ0v) is 10.5. The summed E-state index contributed by atoms with van der Waals surface area (Å²) in [6.45, 7) is 2.27. The number of anilines is 1. The van der Waals surface area contributed by atoms with Crippen LogP contribution in [0.15, 0.2) is 24.3 Å². The van der Waals surface area contributed by atoms with Crippen molar-refractivity contribution >= 4 is 11.6 Å². The SMILES string of the molecule is CNCC(O)c1ccccc1N1CCNC(=O)C1. The third-order valence-corrected chi connectivity index (χ3v) is 3.07. The lowest BCUT2D eigenvalue weighted by Gasteiger charge is -2.31. The standard InChI is InChI=1S/C13H19N3O2/c1-14-8-12(17)10-4-2-3-5-11(10)16-7-6-15-13(18)9-16/h2-5,12,14,17H,6-9H2,1H3,(H,15,18). The van der Waals surface area contributed by atoms with Crippen molar-refractivity contribution in [1.29, 1.82) is 0 Å². The van der Waals surface area contributed by atoms with Crippen molar-refractivity contribution in [3.8, 4) is 0 Å². The van der Waals surface area contributed by atoms with E-state index in [-0.39, 0.29) is 5.91 Å². The summed E-state index contributed by atoms with van der Waals surface area (Å²) in [7, 11) is 1.81. The van der Waals surface area contributed by atoms with E-state index in [0.29, 0.717) is 19.6 Å². The van der Waals surface area contributed by atoms with E-state index >= 15 is 0 Å². The van der Waals surface area contributed by atoms with Gasteiger partial charge in [-0.1, -0.05) is 18.2 Å². The van der Waals surface area contributed by atoms with Crippen LogP contribution in [-0.4, -0.2) is 44.2 Å². The molecule has 2 rings (SSSR count). The zero-order chi connectivity index (χ0) is 13.0. The van der Waals surface area contributed by atoms with Crippen molar-refractivity contribution in [2.45, 2.75) is 6.10 Å². The van der Waals surface area contributed by atoms with Crippen molar-refractivity contribution in [1.82, 2.24) is 10.6 Å². The van der Waals surface area contributed by atoms with Crippen molar-refractivity contribution in [3.05, 3.63) is 29.8 Å². The number of rotatable bonds is 4. The number of aliphatic hydroxyl groups excluding tert-OH is 1. The summed E-state index contributed by atoms with van der Waals surface area (Å²) in [6.07, 6.45) is -0.559. The third-order valence-electron chi connectivity index (χ3n) is 3.07. The number of piperazine rings is 1. The number of nitrogens with one attached hydrogen (secondary N) is 2. The van der Waals surface area contributed by atoms with Crippen LogP contribution >= 0.6 is 0 Å². The maximum absolute atomic E-state index is 11.4. The zero-order valence-electron chi connectivity index (χ0n) is 10.5. The Labute approximate surface area is 107 Å². The van der Waals surface area contributed by atoms with Gasteiger partial charge < -0.3 is 20.6 Å². The smallest absolute Gasteiger partial charge is 0.239 e. The number of carbonyl (C=O) groups is 1. The molecule has 0 spiro atoms. The maximum Gasteiger partial charge on any atom is 0.239 e. The Bertz CT molecular complexity index is 422. The first kappa shape index (κ1) is 12.9. The van der Waals surface area contributed by atoms with Crippen LogP contribution in [0.2, 0.25) is 0 Å². The number of para-hydroxylation sites is 1. The molecule has 0 radical (unpaired) electrons. The highest BCUT2D eigenvalue weighted by Gasteiger charge is 2.20. The molecule has 1 amide bonds. The first-order valence-electron chi connectivity index (χ1n) is 6.15. The monoisotopic (exact) mass is 249 g/mol. The van der Waals surface area contributed by atoms with Gasteiger partial charge in [-0.15, -0.1) is 0 Å². The van der Waals surface area contributed by atoms with E-state index in [0.717, 1.165) is 17.8 Å². The number of likely N-dealkylation sites (N-methyl/N-ethyl adjacent to an activating group) is 1. The van der Waals surface area contributed by atoms with Crippen LogP contribution in [0.5, 0.6) is 0 Å². The van der Waals surface area contributed by atoms with Crippen molar-refractivity contribution in [2.24, 2.45) is 0 Å². The van der Waals surface area contributed by atoms with E-state index in [4.69, 9.17) is 0 Å². The molecule has 1 unspecified atom stereocenters. The minimum atomic E-state index is -0.559. The van der Waals surface area contributed by atoms with E-state index < -0.39 is 6.10 Å². The van der Waals surface area contributed by atoms with Crippen LogP contribution in [0, 0.1) is 0 Å². The van der Waals surface area contributed by atoms with Crippen LogP contribution in [0.25, 0.3) is 0 Å². The highest BCUT2D eigenvalue weighted by Crippen LogP contribution is 2.26. The lowest BCUT2D eigenvalue weighted by atomic mass is 10.1. The second kappa shape index (κ2) is 5.84. The molecule has 5 nitrogen and oxygen atoms in total. The van der Waals surface area contributed by atoms with Gasteiger partial charge in [-0.05, 0) is 13.1 Å². The van der Waals surface area contributed by atoms with E-state index in [2.05, 4.69) is 10.6 Å². The predicted molar refractivity (Wildman–Crippen MR) is 70.6 cm³/mol. The molecule has 0 bridgehead atoms. The number of hydrogen-bond acceptors (Lipinski definition) is 4. The summed E-state index contributed by atoms with van der Waals surface area (Å²) in [5.41, 5.74) is 1.80. The van der Waals surface area contributed by atoms with E-state index in [1.807, 2.05) is 29.2 Å². The molecule has 18 heavy (non-hydrogen) atoms. The molecule has 3 N–H and O–H groups in total. The van der Waals surface area contributed by atoms with Crippen LogP contribution in [0.3, 0.4) is 0 Å². The van der Waals surface area contributed by atoms with E-state index in [9.17, 15) is 9.90 Å². The van der Waals surface area contributed by atoms with Crippen molar-refractivity contribution in [3.63, 3.8) is 0 Å². The number of benzene rings is 1. The molecule has 1 atom stereocenters. The van der Waals surface area contributed by atoms with Gasteiger partial charge in [0.2, 0.25) is 5.91 Å². The van der Waals surface area contributed by atoms with Crippen LogP contribution in [0.4, 0.5) is 5.69 Å². The average Bonchev–Trinajstić information content (AvgIpc) is 2.39. The number of carbonyl (C=O) groups excluding carboxylic acids is 1. The first-order chi connectivity index (χ1) is 8.72. The summed E-state index contributed by atoms with van der Waals surface area (Å²) in [4.78, 5) is 13.4. The van der Waals surface area contributed by atoms with Gasteiger partial charge in [-0.25, -0.2) is 0 Å². The second-order valence-corrected chi connectivity index (χ2v) is 4.40. The Hall–Kier alpha value is -1.59. The molecule has 1 aromatic rings. The first-order valence-corrected chi connectivity index (χ1v) is 6.15. The lowest BCUT2D eigenvalue weighted by Crippen LogP contribution is -2.48. The summed E-state index contributed by atoms with van der Waals surface area (Å²) in [5, 5.41) is 15.9. The normalized spacial score (nSPS) is 17.4. The molecular weight excluding hydrogens is 230 g/mol. The predicted octanol–water partition coefficient (Wildman–Crippen LogP) is -0.124. The molecule has 1 aromatic carbocycles. The van der Waals surface area contributed by atoms with Gasteiger partial charge in [-0.2, -0.15) is 0 Å². The maximum atomic E-state index is 11.4. The number of hydrogen-bond donors (Lipinski definition) is 3. The Balaban J connectivity index is 2.23. The molecule has 1 aliphatic heterocycles. The van der Waals surface area contributed by atoms with Crippen LogP contribution < -0.4 is 15.5 Å². The highest BCUT2D eigenvalue weighted by molar-refractivity contribution is 5.83.